The number of ether oxygens (including phenoxy) is 1. The Morgan fingerprint density at radius 2 is 2.17 bits per heavy atom. The highest BCUT2D eigenvalue weighted by atomic mass is 19.4. The molecule has 2 heterocycles. The lowest BCUT2D eigenvalue weighted by atomic mass is 10.3. The minimum absolute atomic E-state index is 0.0756. The number of carbonyl (C=O) groups is 1. The van der Waals surface area contributed by atoms with Crippen LogP contribution in [0.5, 0.6) is 5.75 Å². The zero-order valence-corrected chi connectivity index (χ0v) is 9.02. The summed E-state index contributed by atoms with van der Waals surface area (Å²) in [5.41, 5.74) is 0.196. The molecule has 1 N–H and O–H groups in total. The van der Waals surface area contributed by atoms with Crippen LogP contribution in [-0.2, 0) is 0 Å². The van der Waals surface area contributed by atoms with Gasteiger partial charge in [0.1, 0.15) is 11.4 Å². The Balaban J connectivity index is 2.51. The molecule has 0 radical (unpaired) electrons. The van der Waals surface area contributed by atoms with Gasteiger partial charge in [-0.1, -0.05) is 0 Å². The van der Waals surface area contributed by atoms with Crippen LogP contribution in [0.1, 0.15) is 16.2 Å². The second-order valence-electron chi connectivity index (χ2n) is 3.49. The van der Waals surface area contributed by atoms with Crippen LogP contribution in [0, 0.1) is 6.92 Å². The molecule has 0 bridgehead atoms. The summed E-state index contributed by atoms with van der Waals surface area (Å²) in [5, 5.41) is 8.94. The van der Waals surface area contributed by atoms with Crippen LogP contribution in [0.4, 0.5) is 13.2 Å². The van der Waals surface area contributed by atoms with E-state index in [-0.39, 0.29) is 17.0 Å². The zero-order chi connectivity index (χ0) is 13.5. The van der Waals surface area contributed by atoms with Crippen molar-refractivity contribution in [1.82, 2.24) is 9.38 Å². The number of nitrogens with zero attached hydrogens (tertiary/aromatic N) is 2. The average molecular weight is 260 g/mol. The van der Waals surface area contributed by atoms with Crippen molar-refractivity contribution < 1.29 is 27.8 Å². The first-order valence-corrected chi connectivity index (χ1v) is 4.75. The van der Waals surface area contributed by atoms with Crippen molar-refractivity contribution >= 4 is 11.6 Å². The third-order valence-corrected chi connectivity index (χ3v) is 2.21. The largest absolute Gasteiger partial charge is 0.573 e. The van der Waals surface area contributed by atoms with E-state index >= 15 is 0 Å². The van der Waals surface area contributed by atoms with E-state index in [2.05, 4.69) is 9.72 Å². The smallest absolute Gasteiger partial charge is 0.477 e. The molecule has 18 heavy (non-hydrogen) atoms. The van der Waals surface area contributed by atoms with E-state index in [1.165, 1.54) is 17.5 Å². The second kappa shape index (κ2) is 3.90. The molecular formula is C10H7F3N2O3. The van der Waals surface area contributed by atoms with Crippen LogP contribution in [0.2, 0.25) is 0 Å². The van der Waals surface area contributed by atoms with Gasteiger partial charge in [-0.05, 0) is 13.0 Å². The number of imidazole rings is 1. The standard InChI is InChI=1S/C10H7F3N2O3/c1-5-8(9(16)17)15-3-2-6(4-7(15)14-5)18-10(11,12)13/h2-4H,1H3,(H,16,17). The highest BCUT2D eigenvalue weighted by molar-refractivity contribution is 5.88. The highest BCUT2D eigenvalue weighted by Gasteiger charge is 2.31. The lowest BCUT2D eigenvalue weighted by Gasteiger charge is -2.08. The summed E-state index contributed by atoms with van der Waals surface area (Å²) in [6.07, 6.45) is -3.63. The van der Waals surface area contributed by atoms with Gasteiger partial charge in [0.2, 0.25) is 0 Å². The molecule has 2 aromatic rings. The first kappa shape index (κ1) is 12.2. The highest BCUT2D eigenvalue weighted by Crippen LogP contribution is 2.24. The van der Waals surface area contributed by atoms with Gasteiger partial charge in [0.25, 0.3) is 0 Å². The maximum absolute atomic E-state index is 12.0. The van der Waals surface area contributed by atoms with Crippen molar-refractivity contribution in [3.05, 3.63) is 29.7 Å². The van der Waals surface area contributed by atoms with Crippen molar-refractivity contribution in [3.8, 4) is 5.75 Å². The van der Waals surface area contributed by atoms with Crippen LogP contribution in [-0.4, -0.2) is 26.8 Å². The van der Waals surface area contributed by atoms with Gasteiger partial charge in [-0.25, -0.2) is 9.78 Å². The summed E-state index contributed by atoms with van der Waals surface area (Å²) < 4.78 is 40.9. The number of alkyl halides is 3. The Labute approximate surface area is 98.4 Å². The molecule has 2 rings (SSSR count). The molecule has 0 aliphatic rings. The monoisotopic (exact) mass is 260 g/mol. The van der Waals surface area contributed by atoms with E-state index in [4.69, 9.17) is 5.11 Å². The molecule has 0 aromatic carbocycles. The van der Waals surface area contributed by atoms with Crippen LogP contribution < -0.4 is 4.74 Å². The summed E-state index contributed by atoms with van der Waals surface area (Å²) >= 11 is 0. The van der Waals surface area contributed by atoms with Crippen LogP contribution >= 0.6 is 0 Å². The Morgan fingerprint density at radius 3 is 2.72 bits per heavy atom. The van der Waals surface area contributed by atoms with Crippen molar-refractivity contribution in [2.75, 3.05) is 0 Å². The fraction of sp³-hybridized carbons (Fsp3) is 0.200. The Hall–Kier alpha value is -2.25. The Morgan fingerprint density at radius 1 is 1.50 bits per heavy atom. The minimum Gasteiger partial charge on any atom is -0.477 e. The summed E-state index contributed by atoms with van der Waals surface area (Å²) in [5.74, 6) is -1.65. The van der Waals surface area contributed by atoms with E-state index in [0.717, 1.165) is 12.1 Å². The number of fused-ring (bicyclic) bond motifs is 1. The van der Waals surface area contributed by atoms with Gasteiger partial charge in [-0.15, -0.1) is 13.2 Å². The van der Waals surface area contributed by atoms with E-state index in [1.807, 2.05) is 0 Å². The number of hydrogen-bond donors (Lipinski definition) is 1. The molecule has 5 nitrogen and oxygen atoms in total. The molecule has 0 unspecified atom stereocenters. The number of halogens is 3. The van der Waals surface area contributed by atoms with Crippen LogP contribution in [0.15, 0.2) is 18.3 Å². The molecule has 8 heteroatoms. The molecule has 0 saturated carbocycles. The molecule has 0 aliphatic heterocycles. The van der Waals surface area contributed by atoms with E-state index in [1.54, 1.807) is 0 Å². The fourth-order valence-electron chi connectivity index (χ4n) is 1.60. The van der Waals surface area contributed by atoms with Gasteiger partial charge < -0.3 is 9.84 Å². The number of rotatable bonds is 2. The third kappa shape index (κ3) is 2.22. The number of aryl methyl sites for hydroxylation is 1. The number of carboxylic acid groups (broad SMARTS) is 1. The predicted molar refractivity (Wildman–Crippen MR) is 53.6 cm³/mol. The molecule has 96 valence electrons. The molecule has 0 fully saturated rings. The van der Waals surface area contributed by atoms with E-state index < -0.39 is 18.1 Å². The quantitative estimate of drug-likeness (QED) is 0.899. The maximum atomic E-state index is 12.0. The summed E-state index contributed by atoms with van der Waals surface area (Å²) in [4.78, 5) is 14.8. The number of pyridine rings is 1. The first-order chi connectivity index (χ1) is 8.28. The summed E-state index contributed by atoms with van der Waals surface area (Å²) in [6.45, 7) is 1.46. The molecule has 2 aromatic heterocycles. The van der Waals surface area contributed by atoms with Crippen molar-refractivity contribution in [1.29, 1.82) is 0 Å². The van der Waals surface area contributed by atoms with E-state index in [0.29, 0.717) is 0 Å². The number of aromatic nitrogens is 2. The average Bonchev–Trinajstić information content (AvgIpc) is 2.50. The molecule has 0 amide bonds. The molecule has 0 saturated heterocycles. The Kier molecular flexibility index (Phi) is 2.64. The lowest BCUT2D eigenvalue weighted by molar-refractivity contribution is -0.274. The predicted octanol–water partition coefficient (Wildman–Crippen LogP) is 2.24. The maximum Gasteiger partial charge on any atom is 0.573 e. The minimum atomic E-state index is -4.80. The molecule has 0 atom stereocenters. The first-order valence-electron chi connectivity index (χ1n) is 4.75. The van der Waals surface area contributed by atoms with Crippen molar-refractivity contribution in [3.63, 3.8) is 0 Å². The van der Waals surface area contributed by atoms with Crippen LogP contribution in [0.3, 0.4) is 0 Å². The van der Waals surface area contributed by atoms with Crippen molar-refractivity contribution in [2.24, 2.45) is 0 Å². The van der Waals surface area contributed by atoms with E-state index in [9.17, 15) is 18.0 Å². The molecular weight excluding hydrogens is 253 g/mol. The second-order valence-corrected chi connectivity index (χ2v) is 3.49. The summed E-state index contributed by atoms with van der Waals surface area (Å²) in [6, 6.07) is 2.04. The fourth-order valence-corrected chi connectivity index (χ4v) is 1.60. The summed E-state index contributed by atoms with van der Waals surface area (Å²) in [7, 11) is 0. The van der Waals surface area contributed by atoms with Crippen LogP contribution in [0.25, 0.3) is 5.65 Å². The molecule has 0 aliphatic carbocycles. The third-order valence-electron chi connectivity index (χ3n) is 2.21. The zero-order valence-electron chi connectivity index (χ0n) is 9.02. The number of aromatic carboxylic acids is 1. The number of hydrogen-bond acceptors (Lipinski definition) is 3. The Bertz CT molecular complexity index is 619. The molecule has 0 spiro atoms. The van der Waals surface area contributed by atoms with Crippen molar-refractivity contribution in [2.45, 2.75) is 13.3 Å². The SMILES string of the molecule is Cc1nc2cc(OC(F)(F)F)ccn2c1C(=O)O. The number of carboxylic acids is 1. The topological polar surface area (TPSA) is 63.8 Å². The normalized spacial score (nSPS) is 11.8. The van der Waals surface area contributed by atoms with Gasteiger partial charge in [0, 0.05) is 12.3 Å². The van der Waals surface area contributed by atoms with Gasteiger partial charge >= 0.3 is 12.3 Å². The lowest BCUT2D eigenvalue weighted by Crippen LogP contribution is -2.17. The van der Waals surface area contributed by atoms with Gasteiger partial charge in [0.15, 0.2) is 5.69 Å². The van der Waals surface area contributed by atoms with Gasteiger partial charge in [-0.2, -0.15) is 0 Å². The van der Waals surface area contributed by atoms with Gasteiger partial charge in [-0.3, -0.25) is 4.40 Å². The van der Waals surface area contributed by atoms with Gasteiger partial charge in [0.05, 0.1) is 5.69 Å².